The maximum atomic E-state index is 5.60. The molecule has 0 unspecified atom stereocenters. The van der Waals surface area contributed by atoms with E-state index in [9.17, 15) is 0 Å². The monoisotopic (exact) mass is 301 g/mol. The van der Waals surface area contributed by atoms with Gasteiger partial charge < -0.3 is 15.0 Å². The van der Waals surface area contributed by atoms with Gasteiger partial charge in [-0.25, -0.2) is 0 Å². The second-order valence-electron chi connectivity index (χ2n) is 4.52. The number of hydrogen-bond donors (Lipinski definition) is 1. The molecule has 5 heteroatoms. The largest absolute Gasteiger partial charge is 0.478 e. The summed E-state index contributed by atoms with van der Waals surface area (Å²) in [6.07, 6.45) is 2.21. The van der Waals surface area contributed by atoms with E-state index in [1.807, 2.05) is 18.2 Å². The SMILES string of the molecule is CCCCOc1cccc(NCCN(CC)CC)n1.Cl. The van der Waals surface area contributed by atoms with Gasteiger partial charge >= 0.3 is 0 Å². The van der Waals surface area contributed by atoms with E-state index >= 15 is 0 Å². The Labute approximate surface area is 129 Å². The molecule has 0 saturated heterocycles. The Morgan fingerprint density at radius 1 is 1.20 bits per heavy atom. The van der Waals surface area contributed by atoms with Crippen LogP contribution in [0, 0.1) is 0 Å². The normalized spacial score (nSPS) is 10.2. The van der Waals surface area contributed by atoms with E-state index in [0.29, 0.717) is 5.88 Å². The zero-order valence-corrected chi connectivity index (χ0v) is 13.7. The van der Waals surface area contributed by atoms with Crippen LogP contribution in [0.25, 0.3) is 0 Å². The van der Waals surface area contributed by atoms with Gasteiger partial charge in [0.05, 0.1) is 6.61 Å². The van der Waals surface area contributed by atoms with E-state index in [4.69, 9.17) is 4.74 Å². The van der Waals surface area contributed by atoms with Crippen LogP contribution in [0.3, 0.4) is 0 Å². The van der Waals surface area contributed by atoms with Crippen LogP contribution < -0.4 is 10.1 Å². The molecule has 0 amide bonds. The van der Waals surface area contributed by atoms with Crippen molar-refractivity contribution in [3.05, 3.63) is 18.2 Å². The molecule has 0 aliphatic heterocycles. The average molecular weight is 302 g/mol. The summed E-state index contributed by atoms with van der Waals surface area (Å²) in [5, 5.41) is 3.34. The predicted octanol–water partition coefficient (Wildman–Crippen LogP) is 3.44. The lowest BCUT2D eigenvalue weighted by Crippen LogP contribution is -2.28. The highest BCUT2D eigenvalue weighted by molar-refractivity contribution is 5.85. The molecule has 0 spiro atoms. The first-order chi connectivity index (χ1) is 9.30. The summed E-state index contributed by atoms with van der Waals surface area (Å²) in [5.41, 5.74) is 0. The van der Waals surface area contributed by atoms with Crippen molar-refractivity contribution in [2.75, 3.05) is 38.1 Å². The molecule has 1 heterocycles. The highest BCUT2D eigenvalue weighted by Crippen LogP contribution is 2.11. The molecule has 0 aromatic carbocycles. The number of hydrogen-bond acceptors (Lipinski definition) is 4. The van der Waals surface area contributed by atoms with Crippen molar-refractivity contribution in [3.63, 3.8) is 0 Å². The number of unbranched alkanes of at least 4 members (excludes halogenated alkanes) is 1. The summed E-state index contributed by atoms with van der Waals surface area (Å²) < 4.78 is 5.60. The first-order valence-corrected chi connectivity index (χ1v) is 7.36. The third-order valence-electron chi connectivity index (χ3n) is 3.10. The minimum atomic E-state index is 0. The fourth-order valence-electron chi connectivity index (χ4n) is 1.80. The number of pyridine rings is 1. The van der Waals surface area contributed by atoms with Crippen molar-refractivity contribution in [2.24, 2.45) is 0 Å². The smallest absolute Gasteiger partial charge is 0.215 e. The topological polar surface area (TPSA) is 37.4 Å². The molecule has 1 aromatic rings. The van der Waals surface area contributed by atoms with E-state index in [1.165, 1.54) is 0 Å². The third kappa shape index (κ3) is 7.56. The molecule has 0 aliphatic carbocycles. The number of likely N-dealkylation sites (N-methyl/N-ethyl adjacent to an activating group) is 1. The Hall–Kier alpha value is -1.00. The van der Waals surface area contributed by atoms with Gasteiger partial charge in [-0.3, -0.25) is 0 Å². The van der Waals surface area contributed by atoms with Gasteiger partial charge in [-0.1, -0.05) is 33.3 Å². The zero-order valence-electron chi connectivity index (χ0n) is 12.9. The Morgan fingerprint density at radius 3 is 2.60 bits per heavy atom. The lowest BCUT2D eigenvalue weighted by Gasteiger charge is -2.18. The van der Waals surface area contributed by atoms with Crippen LogP contribution in [-0.2, 0) is 0 Å². The van der Waals surface area contributed by atoms with E-state index in [0.717, 1.165) is 51.4 Å². The summed E-state index contributed by atoms with van der Waals surface area (Å²) in [4.78, 5) is 6.82. The van der Waals surface area contributed by atoms with Gasteiger partial charge in [0.15, 0.2) is 0 Å². The first-order valence-electron chi connectivity index (χ1n) is 7.36. The third-order valence-corrected chi connectivity index (χ3v) is 3.10. The molecule has 0 saturated carbocycles. The van der Waals surface area contributed by atoms with Gasteiger partial charge in [-0.15, -0.1) is 12.4 Å². The van der Waals surface area contributed by atoms with Gasteiger partial charge in [0.25, 0.3) is 0 Å². The molecular formula is C15H28ClN3O. The molecule has 0 radical (unpaired) electrons. The van der Waals surface area contributed by atoms with E-state index in [-0.39, 0.29) is 12.4 Å². The number of ether oxygens (including phenoxy) is 1. The van der Waals surface area contributed by atoms with E-state index in [1.54, 1.807) is 0 Å². The fraction of sp³-hybridized carbons (Fsp3) is 0.667. The highest BCUT2D eigenvalue weighted by atomic mass is 35.5. The van der Waals surface area contributed by atoms with E-state index < -0.39 is 0 Å². The van der Waals surface area contributed by atoms with Gasteiger partial charge in [0.1, 0.15) is 5.82 Å². The average Bonchev–Trinajstić information content (AvgIpc) is 2.44. The van der Waals surface area contributed by atoms with Gasteiger partial charge in [0, 0.05) is 19.2 Å². The van der Waals surface area contributed by atoms with Crippen LogP contribution >= 0.6 is 12.4 Å². The molecule has 116 valence electrons. The first kappa shape index (κ1) is 19.0. The van der Waals surface area contributed by atoms with Crippen molar-refractivity contribution in [3.8, 4) is 5.88 Å². The molecule has 0 fully saturated rings. The summed E-state index contributed by atoms with van der Waals surface area (Å²) >= 11 is 0. The Kier molecular flexibility index (Phi) is 11.2. The number of halogens is 1. The molecule has 0 atom stereocenters. The second kappa shape index (κ2) is 11.8. The fourth-order valence-corrected chi connectivity index (χ4v) is 1.80. The maximum absolute atomic E-state index is 5.60. The Bertz CT molecular complexity index is 346. The van der Waals surface area contributed by atoms with Crippen LogP contribution in [0.2, 0.25) is 0 Å². The van der Waals surface area contributed by atoms with Crippen molar-refractivity contribution in [2.45, 2.75) is 33.6 Å². The molecule has 0 aliphatic rings. The standard InChI is InChI=1S/C15H27N3O.ClH/c1-4-7-13-19-15-10-8-9-14(17-15)16-11-12-18(5-2)6-3;/h8-10H,4-7,11-13H2,1-3H3,(H,16,17);1H. The minimum Gasteiger partial charge on any atom is -0.478 e. The lowest BCUT2D eigenvalue weighted by molar-refractivity contribution is 0.298. The minimum absolute atomic E-state index is 0. The number of aromatic nitrogens is 1. The van der Waals surface area contributed by atoms with Crippen LogP contribution in [0.15, 0.2) is 18.2 Å². The predicted molar refractivity (Wildman–Crippen MR) is 88.2 cm³/mol. The Balaban J connectivity index is 0.00000361. The summed E-state index contributed by atoms with van der Waals surface area (Å²) in [6, 6.07) is 5.87. The van der Waals surface area contributed by atoms with Crippen molar-refractivity contribution >= 4 is 18.2 Å². The summed E-state index contributed by atoms with van der Waals surface area (Å²) in [6.45, 7) is 11.4. The quantitative estimate of drug-likeness (QED) is 0.672. The Morgan fingerprint density at radius 2 is 1.95 bits per heavy atom. The molecule has 4 nitrogen and oxygen atoms in total. The molecule has 20 heavy (non-hydrogen) atoms. The molecule has 1 rings (SSSR count). The number of rotatable bonds is 10. The van der Waals surface area contributed by atoms with Crippen molar-refractivity contribution < 1.29 is 4.74 Å². The lowest BCUT2D eigenvalue weighted by atomic mass is 10.4. The van der Waals surface area contributed by atoms with Crippen LogP contribution in [0.5, 0.6) is 5.88 Å². The van der Waals surface area contributed by atoms with Crippen LogP contribution in [0.4, 0.5) is 5.82 Å². The molecule has 0 bridgehead atoms. The van der Waals surface area contributed by atoms with Gasteiger partial charge in [-0.2, -0.15) is 4.98 Å². The number of anilines is 1. The van der Waals surface area contributed by atoms with Crippen molar-refractivity contribution in [1.29, 1.82) is 0 Å². The number of nitrogens with one attached hydrogen (secondary N) is 1. The molecule has 1 N–H and O–H groups in total. The summed E-state index contributed by atoms with van der Waals surface area (Å²) in [7, 11) is 0. The number of nitrogens with zero attached hydrogens (tertiary/aromatic N) is 2. The van der Waals surface area contributed by atoms with Crippen molar-refractivity contribution in [1.82, 2.24) is 9.88 Å². The van der Waals surface area contributed by atoms with Crippen LogP contribution in [-0.4, -0.2) is 42.7 Å². The molecule has 1 aromatic heterocycles. The summed E-state index contributed by atoms with van der Waals surface area (Å²) in [5.74, 6) is 1.60. The maximum Gasteiger partial charge on any atom is 0.215 e. The highest BCUT2D eigenvalue weighted by Gasteiger charge is 2.00. The van der Waals surface area contributed by atoms with E-state index in [2.05, 4.69) is 36.0 Å². The van der Waals surface area contributed by atoms with Gasteiger partial charge in [0.2, 0.25) is 5.88 Å². The van der Waals surface area contributed by atoms with Gasteiger partial charge in [-0.05, 0) is 25.6 Å². The van der Waals surface area contributed by atoms with Crippen LogP contribution in [0.1, 0.15) is 33.6 Å². The zero-order chi connectivity index (χ0) is 13.9. The second-order valence-corrected chi connectivity index (χ2v) is 4.52. The molecular weight excluding hydrogens is 274 g/mol.